The molecule has 154 valence electrons. The number of benzene rings is 2. The molecule has 0 spiro atoms. The van der Waals surface area contributed by atoms with E-state index in [4.69, 9.17) is 4.74 Å². The van der Waals surface area contributed by atoms with Crippen LogP contribution in [-0.4, -0.2) is 6.61 Å². The summed E-state index contributed by atoms with van der Waals surface area (Å²) in [4.78, 5) is 0. The summed E-state index contributed by atoms with van der Waals surface area (Å²) in [5.74, 6) is 9.13. The highest BCUT2D eigenvalue weighted by Gasteiger charge is 2.21. The highest BCUT2D eigenvalue weighted by atomic mass is 16.5. The summed E-state index contributed by atoms with van der Waals surface area (Å²) in [6.45, 7) is 5.26. The molecule has 1 heteroatoms. The van der Waals surface area contributed by atoms with Crippen LogP contribution in [0.25, 0.3) is 0 Å². The Balaban J connectivity index is 1.43. The molecular weight excluding hydrogens is 352 g/mol. The maximum atomic E-state index is 5.82. The fourth-order valence-electron chi connectivity index (χ4n) is 4.14. The van der Waals surface area contributed by atoms with E-state index in [0.717, 1.165) is 30.8 Å². The highest BCUT2D eigenvalue weighted by Crippen LogP contribution is 2.35. The molecule has 0 bridgehead atoms. The van der Waals surface area contributed by atoms with Crippen LogP contribution in [0.3, 0.4) is 0 Å². The third kappa shape index (κ3) is 6.97. The second-order valence-corrected chi connectivity index (χ2v) is 8.35. The van der Waals surface area contributed by atoms with Crippen LogP contribution in [0.5, 0.6) is 5.75 Å². The molecule has 1 aliphatic rings. The van der Waals surface area contributed by atoms with Crippen LogP contribution in [-0.2, 0) is 6.42 Å². The van der Waals surface area contributed by atoms with Crippen molar-refractivity contribution in [3.63, 3.8) is 0 Å². The maximum Gasteiger partial charge on any atom is 0.119 e. The highest BCUT2D eigenvalue weighted by molar-refractivity contribution is 5.38. The lowest BCUT2D eigenvalue weighted by Gasteiger charge is -2.26. The summed E-state index contributed by atoms with van der Waals surface area (Å²) in [6, 6.07) is 17.6. The number of rotatable bonds is 8. The number of unbranched alkanes of at least 4 members (excludes halogenated alkanes) is 3. The lowest BCUT2D eigenvalue weighted by molar-refractivity contribution is 0.305. The third-order valence-electron chi connectivity index (χ3n) is 6.13. The van der Waals surface area contributed by atoms with Gasteiger partial charge < -0.3 is 4.74 Å². The Bertz CT molecular complexity index is 768. The molecule has 1 nitrogen and oxygen atoms in total. The zero-order valence-corrected chi connectivity index (χ0v) is 18.3. The molecule has 1 aliphatic carbocycles. The molecule has 0 unspecified atom stereocenters. The Labute approximate surface area is 177 Å². The Hall–Kier alpha value is -2.20. The van der Waals surface area contributed by atoms with Crippen LogP contribution in [0.15, 0.2) is 48.5 Å². The van der Waals surface area contributed by atoms with Gasteiger partial charge in [-0.15, -0.1) is 0 Å². The molecular formula is C28H36O. The van der Waals surface area contributed by atoms with Crippen molar-refractivity contribution < 1.29 is 4.74 Å². The van der Waals surface area contributed by atoms with E-state index in [2.05, 4.69) is 74.2 Å². The van der Waals surface area contributed by atoms with E-state index in [-0.39, 0.29) is 0 Å². The van der Waals surface area contributed by atoms with Crippen molar-refractivity contribution in [3.8, 4) is 17.6 Å². The van der Waals surface area contributed by atoms with Crippen molar-refractivity contribution in [2.75, 3.05) is 6.61 Å². The van der Waals surface area contributed by atoms with E-state index in [0.29, 0.717) is 11.8 Å². The molecule has 3 rings (SSSR count). The van der Waals surface area contributed by atoms with Crippen molar-refractivity contribution in [2.24, 2.45) is 5.92 Å². The molecule has 0 N–H and O–H groups in total. The Morgan fingerprint density at radius 3 is 2.21 bits per heavy atom. The molecule has 1 saturated carbocycles. The lowest BCUT2D eigenvalue weighted by Crippen LogP contribution is -2.12. The van der Waals surface area contributed by atoms with Crippen LogP contribution in [0, 0.1) is 17.8 Å². The van der Waals surface area contributed by atoms with Crippen molar-refractivity contribution in [3.05, 3.63) is 65.2 Å². The first-order valence-electron chi connectivity index (χ1n) is 11.6. The van der Waals surface area contributed by atoms with Gasteiger partial charge >= 0.3 is 0 Å². The predicted molar refractivity (Wildman–Crippen MR) is 123 cm³/mol. The second kappa shape index (κ2) is 11.7. The van der Waals surface area contributed by atoms with Crippen molar-refractivity contribution in [1.82, 2.24) is 0 Å². The Morgan fingerprint density at radius 1 is 0.828 bits per heavy atom. The van der Waals surface area contributed by atoms with Crippen LogP contribution >= 0.6 is 0 Å². The van der Waals surface area contributed by atoms with E-state index in [1.165, 1.54) is 56.1 Å². The van der Waals surface area contributed by atoms with Crippen LogP contribution < -0.4 is 4.74 Å². The van der Waals surface area contributed by atoms with E-state index >= 15 is 0 Å². The van der Waals surface area contributed by atoms with Gasteiger partial charge in [-0.3, -0.25) is 0 Å². The summed E-state index contributed by atoms with van der Waals surface area (Å²) in [7, 11) is 0. The lowest BCUT2D eigenvalue weighted by atomic mass is 9.79. The normalized spacial score (nSPS) is 18.7. The van der Waals surface area contributed by atoms with Gasteiger partial charge in [0.2, 0.25) is 0 Å². The number of aryl methyl sites for hydroxylation is 1. The smallest absolute Gasteiger partial charge is 0.119 e. The Kier molecular flexibility index (Phi) is 8.69. The van der Waals surface area contributed by atoms with Gasteiger partial charge in [0.05, 0.1) is 6.61 Å². The topological polar surface area (TPSA) is 9.23 Å². The van der Waals surface area contributed by atoms with Gasteiger partial charge in [-0.25, -0.2) is 0 Å². The van der Waals surface area contributed by atoms with Gasteiger partial charge in [0.1, 0.15) is 5.75 Å². The van der Waals surface area contributed by atoms with Gasteiger partial charge in [-0.1, -0.05) is 69.2 Å². The van der Waals surface area contributed by atoms with Gasteiger partial charge in [0.15, 0.2) is 0 Å². The van der Waals surface area contributed by atoms with Crippen LogP contribution in [0.4, 0.5) is 0 Å². The standard InChI is InChI=1S/C28H36O/c1-3-5-6-7-22-29-28-20-14-25(15-21-28)9-8-24-12-18-27(19-13-24)26-16-10-23(4-2)11-17-26/h10-11,14-17,20-21,24,27H,3-7,12-13,18-19,22H2,1-2H3/t24-,27-. The molecule has 2 aromatic carbocycles. The molecule has 29 heavy (non-hydrogen) atoms. The number of ether oxygens (including phenoxy) is 1. The SMILES string of the molecule is CCCCCCOc1ccc(C#C[C@H]2CC[C@H](c3ccc(CC)cc3)CC2)cc1. The molecule has 0 heterocycles. The summed E-state index contributed by atoms with van der Waals surface area (Å²) >= 11 is 0. The van der Waals surface area contributed by atoms with Crippen molar-refractivity contribution in [2.45, 2.75) is 77.6 Å². The van der Waals surface area contributed by atoms with Gasteiger partial charge in [-0.2, -0.15) is 0 Å². The van der Waals surface area contributed by atoms with E-state index in [1.807, 2.05) is 0 Å². The zero-order valence-electron chi connectivity index (χ0n) is 18.3. The van der Waals surface area contributed by atoms with E-state index in [9.17, 15) is 0 Å². The van der Waals surface area contributed by atoms with Gasteiger partial charge in [0, 0.05) is 11.5 Å². The number of hydrogen-bond donors (Lipinski definition) is 0. The van der Waals surface area contributed by atoms with E-state index in [1.54, 1.807) is 0 Å². The van der Waals surface area contributed by atoms with Crippen molar-refractivity contribution >= 4 is 0 Å². The first-order valence-corrected chi connectivity index (χ1v) is 11.6. The minimum atomic E-state index is 0.538. The average Bonchev–Trinajstić information content (AvgIpc) is 2.79. The quantitative estimate of drug-likeness (QED) is 0.335. The average molecular weight is 389 g/mol. The van der Waals surface area contributed by atoms with E-state index < -0.39 is 0 Å². The molecule has 0 radical (unpaired) electrons. The zero-order chi connectivity index (χ0) is 20.3. The third-order valence-corrected chi connectivity index (χ3v) is 6.13. The molecule has 0 atom stereocenters. The second-order valence-electron chi connectivity index (χ2n) is 8.35. The predicted octanol–water partition coefficient (Wildman–Crippen LogP) is 7.53. The molecule has 0 saturated heterocycles. The largest absolute Gasteiger partial charge is 0.494 e. The van der Waals surface area contributed by atoms with Gasteiger partial charge in [-0.05, 0) is 79.8 Å². The summed E-state index contributed by atoms with van der Waals surface area (Å²) in [6.07, 6.45) is 11.0. The molecule has 2 aromatic rings. The maximum absolute atomic E-state index is 5.82. The molecule has 0 aliphatic heterocycles. The minimum Gasteiger partial charge on any atom is -0.494 e. The first-order chi connectivity index (χ1) is 14.3. The molecule has 0 aromatic heterocycles. The minimum absolute atomic E-state index is 0.538. The van der Waals surface area contributed by atoms with Crippen LogP contribution in [0.1, 0.15) is 87.8 Å². The number of hydrogen-bond acceptors (Lipinski definition) is 1. The fourth-order valence-corrected chi connectivity index (χ4v) is 4.14. The molecule has 1 fully saturated rings. The summed E-state index contributed by atoms with van der Waals surface area (Å²) < 4.78 is 5.82. The van der Waals surface area contributed by atoms with Gasteiger partial charge in [0.25, 0.3) is 0 Å². The first kappa shape index (κ1) is 21.5. The molecule has 0 amide bonds. The van der Waals surface area contributed by atoms with Crippen molar-refractivity contribution in [1.29, 1.82) is 0 Å². The Morgan fingerprint density at radius 2 is 1.55 bits per heavy atom. The van der Waals surface area contributed by atoms with Crippen LogP contribution in [0.2, 0.25) is 0 Å². The summed E-state index contributed by atoms with van der Waals surface area (Å²) in [5, 5.41) is 0. The fraction of sp³-hybridized carbons (Fsp3) is 0.500. The summed E-state index contributed by atoms with van der Waals surface area (Å²) in [5.41, 5.74) is 4.04. The monoisotopic (exact) mass is 388 g/mol.